The van der Waals surface area contributed by atoms with Gasteiger partial charge in [0.2, 0.25) is 0 Å². The Balaban J connectivity index is 2.27. The molecule has 1 aliphatic rings. The molecule has 0 radical (unpaired) electrons. The summed E-state index contributed by atoms with van der Waals surface area (Å²) in [5.41, 5.74) is 5.43. The van der Waals surface area contributed by atoms with Crippen LogP contribution in [0.4, 0.5) is 0 Å². The summed E-state index contributed by atoms with van der Waals surface area (Å²) < 4.78 is 10.8. The third-order valence-electron chi connectivity index (χ3n) is 1.91. The van der Waals surface area contributed by atoms with Crippen molar-refractivity contribution in [2.45, 2.75) is 6.10 Å². The largest absolute Gasteiger partial charge is 0.508 e. The Bertz CT molecular complexity index is 314. The van der Waals surface area contributed by atoms with Crippen LogP contribution in [0.15, 0.2) is 18.2 Å². The molecular formula is C9H11NO3. The Morgan fingerprint density at radius 2 is 2.31 bits per heavy atom. The highest BCUT2D eigenvalue weighted by molar-refractivity contribution is 5.45. The molecule has 1 aromatic rings. The molecule has 0 fully saturated rings. The molecule has 4 heteroatoms. The Morgan fingerprint density at radius 1 is 1.46 bits per heavy atom. The molecule has 0 spiro atoms. The lowest BCUT2D eigenvalue weighted by Gasteiger charge is -2.25. The molecule has 0 bridgehead atoms. The molecule has 0 unspecified atom stereocenters. The number of nitrogens with two attached hydrogens (primary N) is 1. The van der Waals surface area contributed by atoms with E-state index in [4.69, 9.17) is 15.2 Å². The second-order valence-electron chi connectivity index (χ2n) is 2.92. The van der Waals surface area contributed by atoms with E-state index in [0.29, 0.717) is 24.7 Å². The van der Waals surface area contributed by atoms with Gasteiger partial charge in [-0.1, -0.05) is 0 Å². The van der Waals surface area contributed by atoms with Crippen molar-refractivity contribution in [1.82, 2.24) is 0 Å². The predicted octanol–water partition coefficient (Wildman–Crippen LogP) is 0.491. The summed E-state index contributed by atoms with van der Waals surface area (Å²) in [4.78, 5) is 0. The van der Waals surface area contributed by atoms with Gasteiger partial charge in [-0.15, -0.1) is 0 Å². The van der Waals surface area contributed by atoms with E-state index < -0.39 is 0 Å². The minimum atomic E-state index is -0.116. The number of aromatic hydroxyl groups is 1. The van der Waals surface area contributed by atoms with Crippen LogP contribution in [0.1, 0.15) is 0 Å². The fraction of sp³-hybridized carbons (Fsp3) is 0.333. The molecule has 0 aromatic heterocycles. The van der Waals surface area contributed by atoms with Crippen LogP contribution in [-0.4, -0.2) is 24.4 Å². The topological polar surface area (TPSA) is 64.7 Å². The van der Waals surface area contributed by atoms with Crippen molar-refractivity contribution in [1.29, 1.82) is 0 Å². The van der Waals surface area contributed by atoms with Crippen LogP contribution in [0.2, 0.25) is 0 Å². The first kappa shape index (κ1) is 8.19. The van der Waals surface area contributed by atoms with Gasteiger partial charge in [-0.05, 0) is 12.1 Å². The normalized spacial score (nSPS) is 19.9. The van der Waals surface area contributed by atoms with E-state index in [2.05, 4.69) is 0 Å². The van der Waals surface area contributed by atoms with Crippen LogP contribution in [0.25, 0.3) is 0 Å². The smallest absolute Gasteiger partial charge is 0.165 e. The van der Waals surface area contributed by atoms with Gasteiger partial charge in [0.25, 0.3) is 0 Å². The molecule has 3 N–H and O–H groups in total. The average Bonchev–Trinajstić information content (AvgIpc) is 2.16. The third kappa shape index (κ3) is 1.53. The van der Waals surface area contributed by atoms with Crippen molar-refractivity contribution in [2.75, 3.05) is 13.2 Å². The zero-order valence-electron chi connectivity index (χ0n) is 7.06. The molecule has 4 nitrogen and oxygen atoms in total. The first-order chi connectivity index (χ1) is 6.29. The van der Waals surface area contributed by atoms with E-state index in [1.165, 1.54) is 6.07 Å². The van der Waals surface area contributed by atoms with E-state index >= 15 is 0 Å². The van der Waals surface area contributed by atoms with Gasteiger partial charge in [-0.25, -0.2) is 0 Å². The highest BCUT2D eigenvalue weighted by Gasteiger charge is 2.19. The zero-order chi connectivity index (χ0) is 9.26. The minimum Gasteiger partial charge on any atom is -0.508 e. The van der Waals surface area contributed by atoms with Crippen LogP contribution >= 0.6 is 0 Å². The maximum Gasteiger partial charge on any atom is 0.165 e. The fourth-order valence-corrected chi connectivity index (χ4v) is 1.22. The summed E-state index contributed by atoms with van der Waals surface area (Å²) in [7, 11) is 0. The summed E-state index contributed by atoms with van der Waals surface area (Å²) >= 11 is 0. The number of phenols is 1. The number of fused-ring (bicyclic) bond motifs is 1. The van der Waals surface area contributed by atoms with E-state index in [1.54, 1.807) is 12.1 Å². The Hall–Kier alpha value is -1.42. The van der Waals surface area contributed by atoms with Crippen molar-refractivity contribution >= 4 is 0 Å². The van der Waals surface area contributed by atoms with Crippen LogP contribution in [-0.2, 0) is 0 Å². The van der Waals surface area contributed by atoms with Gasteiger partial charge in [0.15, 0.2) is 11.5 Å². The van der Waals surface area contributed by atoms with Crippen molar-refractivity contribution < 1.29 is 14.6 Å². The Labute approximate surface area is 75.9 Å². The lowest BCUT2D eigenvalue weighted by molar-refractivity contribution is 0.0964. The van der Waals surface area contributed by atoms with Crippen LogP contribution in [0.3, 0.4) is 0 Å². The molecule has 13 heavy (non-hydrogen) atoms. The Morgan fingerprint density at radius 3 is 3.08 bits per heavy atom. The molecule has 70 valence electrons. The maximum atomic E-state index is 9.18. The third-order valence-corrected chi connectivity index (χ3v) is 1.91. The molecular weight excluding hydrogens is 170 g/mol. The number of phenolic OH excluding ortho intramolecular Hbond substituents is 1. The number of ether oxygens (including phenoxy) is 2. The standard InChI is InChI=1S/C9H11NO3/c10-4-7-5-12-8-2-1-6(11)3-9(8)13-7/h1-3,7,11H,4-5,10H2/t7-/m1/s1. The Kier molecular flexibility index (Phi) is 1.98. The highest BCUT2D eigenvalue weighted by atomic mass is 16.6. The quantitative estimate of drug-likeness (QED) is 0.661. The highest BCUT2D eigenvalue weighted by Crippen LogP contribution is 2.34. The molecule has 0 saturated heterocycles. The van der Waals surface area contributed by atoms with E-state index in [9.17, 15) is 5.11 Å². The summed E-state index contributed by atoms with van der Waals surface area (Å²) in [6.45, 7) is 0.878. The van der Waals surface area contributed by atoms with Gasteiger partial charge in [0, 0.05) is 12.6 Å². The van der Waals surface area contributed by atoms with Crippen molar-refractivity contribution in [3.63, 3.8) is 0 Å². The monoisotopic (exact) mass is 181 g/mol. The first-order valence-corrected chi connectivity index (χ1v) is 4.12. The van der Waals surface area contributed by atoms with E-state index in [-0.39, 0.29) is 11.9 Å². The van der Waals surface area contributed by atoms with Crippen LogP contribution in [0, 0.1) is 0 Å². The van der Waals surface area contributed by atoms with Gasteiger partial charge >= 0.3 is 0 Å². The summed E-state index contributed by atoms with van der Waals surface area (Å²) in [5.74, 6) is 1.38. The van der Waals surface area contributed by atoms with Crippen molar-refractivity contribution in [3.05, 3.63) is 18.2 Å². The number of hydrogen-bond donors (Lipinski definition) is 2. The number of rotatable bonds is 1. The van der Waals surface area contributed by atoms with Crippen LogP contribution in [0.5, 0.6) is 17.2 Å². The molecule has 1 aromatic carbocycles. The zero-order valence-corrected chi connectivity index (χ0v) is 7.06. The second kappa shape index (κ2) is 3.14. The lowest BCUT2D eigenvalue weighted by atomic mass is 10.2. The molecule has 1 aliphatic heterocycles. The number of hydrogen-bond acceptors (Lipinski definition) is 4. The maximum absolute atomic E-state index is 9.18. The lowest BCUT2D eigenvalue weighted by Crippen LogP contribution is -2.35. The van der Waals surface area contributed by atoms with Crippen LogP contribution < -0.4 is 15.2 Å². The van der Waals surface area contributed by atoms with Gasteiger partial charge in [-0.3, -0.25) is 0 Å². The molecule has 1 atom stereocenters. The van der Waals surface area contributed by atoms with Gasteiger partial charge in [0.1, 0.15) is 18.5 Å². The minimum absolute atomic E-state index is 0.116. The van der Waals surface area contributed by atoms with Gasteiger partial charge < -0.3 is 20.3 Å². The molecule has 1 heterocycles. The summed E-state index contributed by atoms with van der Waals surface area (Å²) in [6, 6.07) is 4.76. The fourth-order valence-electron chi connectivity index (χ4n) is 1.22. The first-order valence-electron chi connectivity index (χ1n) is 4.12. The average molecular weight is 181 g/mol. The summed E-state index contributed by atoms with van der Waals surface area (Å²) in [6.07, 6.45) is -0.116. The van der Waals surface area contributed by atoms with Crippen molar-refractivity contribution in [2.24, 2.45) is 5.73 Å². The molecule has 2 rings (SSSR count). The van der Waals surface area contributed by atoms with E-state index in [1.807, 2.05) is 0 Å². The predicted molar refractivity (Wildman–Crippen MR) is 47.1 cm³/mol. The van der Waals surface area contributed by atoms with Crippen molar-refractivity contribution in [3.8, 4) is 17.2 Å². The van der Waals surface area contributed by atoms with Gasteiger partial charge in [0.05, 0.1) is 0 Å². The van der Waals surface area contributed by atoms with E-state index in [0.717, 1.165) is 0 Å². The second-order valence-corrected chi connectivity index (χ2v) is 2.92. The molecule has 0 aliphatic carbocycles. The number of benzene rings is 1. The molecule has 0 amide bonds. The molecule has 0 saturated carbocycles. The SMILES string of the molecule is NC[C@@H]1COc2ccc(O)cc2O1. The summed E-state index contributed by atoms with van der Waals surface area (Å²) in [5, 5.41) is 9.18. The van der Waals surface area contributed by atoms with Gasteiger partial charge in [-0.2, -0.15) is 0 Å².